The summed E-state index contributed by atoms with van der Waals surface area (Å²) in [5.41, 5.74) is 5.33. The van der Waals surface area contributed by atoms with Gasteiger partial charge in [0, 0.05) is 19.4 Å². The Kier molecular flexibility index (Phi) is 39.4. The van der Waals surface area contributed by atoms with Crippen LogP contribution in [-0.2, 0) is 32.7 Å². The van der Waals surface area contributed by atoms with Crippen LogP contribution >= 0.6 is 7.82 Å². The number of nitrogens with two attached hydrogens (primary N) is 1. The van der Waals surface area contributed by atoms with E-state index in [4.69, 9.17) is 24.3 Å². The first-order chi connectivity index (χ1) is 27.8. The van der Waals surface area contributed by atoms with Crippen LogP contribution in [-0.4, -0.2) is 49.3 Å². The summed E-state index contributed by atoms with van der Waals surface area (Å²) in [5.74, 6) is -1.01. The molecule has 0 bridgehead atoms. The highest BCUT2D eigenvalue weighted by atomic mass is 31.2. The van der Waals surface area contributed by atoms with Crippen molar-refractivity contribution < 1.29 is 37.6 Å². The first-order valence-corrected chi connectivity index (χ1v) is 22.5. The molecule has 3 N–H and O–H groups in total. The van der Waals surface area contributed by atoms with Crippen LogP contribution in [0.2, 0.25) is 0 Å². The van der Waals surface area contributed by atoms with Gasteiger partial charge in [-0.05, 0) is 89.9 Å². The lowest BCUT2D eigenvalue weighted by Gasteiger charge is -2.19. The van der Waals surface area contributed by atoms with Gasteiger partial charge in [-0.3, -0.25) is 18.6 Å². The molecule has 0 aliphatic carbocycles. The van der Waals surface area contributed by atoms with Crippen LogP contribution in [0.25, 0.3) is 0 Å². The van der Waals surface area contributed by atoms with Crippen molar-refractivity contribution >= 4 is 19.8 Å². The second-order valence-corrected chi connectivity index (χ2v) is 14.6. The third-order valence-corrected chi connectivity index (χ3v) is 8.83. The van der Waals surface area contributed by atoms with Crippen molar-refractivity contribution in [1.82, 2.24) is 0 Å². The average Bonchev–Trinajstić information content (AvgIpc) is 3.20. The zero-order valence-electron chi connectivity index (χ0n) is 35.0. The fraction of sp³-hybridized carbons (Fsp3) is 0.532. The van der Waals surface area contributed by atoms with E-state index < -0.39 is 32.5 Å². The Morgan fingerprint density at radius 3 is 1.44 bits per heavy atom. The molecule has 0 aliphatic rings. The molecule has 0 aromatic rings. The lowest BCUT2D eigenvalue weighted by Crippen LogP contribution is -2.29. The lowest BCUT2D eigenvalue weighted by atomic mass is 10.2. The monoisotopic (exact) mass is 812 g/mol. The molecule has 0 radical (unpaired) electrons. The van der Waals surface area contributed by atoms with Gasteiger partial charge in [0.2, 0.25) is 0 Å². The lowest BCUT2D eigenvalue weighted by molar-refractivity contribution is -0.161. The molecule has 0 saturated heterocycles. The minimum atomic E-state index is -4.42. The summed E-state index contributed by atoms with van der Waals surface area (Å²) in [5, 5.41) is 0. The second kappa shape index (κ2) is 42.0. The van der Waals surface area contributed by atoms with Crippen molar-refractivity contribution in [2.45, 2.75) is 136 Å². The molecule has 0 spiro atoms. The van der Waals surface area contributed by atoms with Gasteiger partial charge in [-0.1, -0.05) is 148 Å². The number of unbranched alkanes of at least 4 members (excludes halogenated alkanes) is 4. The van der Waals surface area contributed by atoms with E-state index in [1.165, 1.54) is 19.3 Å². The number of ether oxygens (including phenoxy) is 2. The largest absolute Gasteiger partial charge is 0.472 e. The Morgan fingerprint density at radius 1 is 0.544 bits per heavy atom. The molecule has 0 aliphatic heterocycles. The summed E-state index contributed by atoms with van der Waals surface area (Å²) in [7, 11) is -4.42. The Labute approximate surface area is 345 Å². The summed E-state index contributed by atoms with van der Waals surface area (Å²) < 4.78 is 32.6. The molecule has 10 heteroatoms. The second-order valence-electron chi connectivity index (χ2n) is 13.1. The number of rotatable bonds is 37. The number of carbonyl (C=O) groups is 2. The third-order valence-electron chi connectivity index (χ3n) is 7.85. The Bertz CT molecular complexity index is 1340. The van der Waals surface area contributed by atoms with E-state index >= 15 is 0 Å². The number of phosphoric ester groups is 1. The molecule has 0 amide bonds. The topological polar surface area (TPSA) is 134 Å². The summed E-state index contributed by atoms with van der Waals surface area (Å²) in [6.45, 7) is 3.40. The van der Waals surface area contributed by atoms with Gasteiger partial charge in [0.15, 0.2) is 6.10 Å². The van der Waals surface area contributed by atoms with Gasteiger partial charge >= 0.3 is 19.8 Å². The highest BCUT2D eigenvalue weighted by molar-refractivity contribution is 7.47. The smallest absolute Gasteiger partial charge is 0.462 e. The van der Waals surface area contributed by atoms with Crippen LogP contribution in [0.4, 0.5) is 0 Å². The van der Waals surface area contributed by atoms with Gasteiger partial charge in [0.1, 0.15) is 6.61 Å². The standard InChI is InChI=1S/C47H74NO8P/c1-3-5-7-9-11-13-15-17-19-21-22-24-25-27-29-31-33-35-37-39-46(49)53-43-45(44-55-57(51,52)54-42-41-48)56-47(50)40-38-36-34-32-30-28-26-23-20-18-16-14-12-10-8-6-4-2/h5,7,11-14,17-20,22,24,26-29,32-35,45H,3-4,6,8-10,15-16,21,23,25,30-31,36-44,48H2,1-2H3,(H,51,52). The quantitative estimate of drug-likeness (QED) is 0.0272. The zero-order valence-corrected chi connectivity index (χ0v) is 35.9. The van der Waals surface area contributed by atoms with E-state index in [1.54, 1.807) is 0 Å². The molecule has 0 fully saturated rings. The van der Waals surface area contributed by atoms with Crippen LogP contribution in [0.1, 0.15) is 129 Å². The fourth-order valence-corrected chi connectivity index (χ4v) is 5.53. The molecule has 0 saturated carbocycles. The molecule has 0 heterocycles. The van der Waals surface area contributed by atoms with E-state index in [-0.39, 0.29) is 32.6 Å². The maximum atomic E-state index is 12.5. The fourth-order valence-electron chi connectivity index (χ4n) is 4.77. The van der Waals surface area contributed by atoms with E-state index in [0.29, 0.717) is 19.3 Å². The summed E-state index contributed by atoms with van der Waals surface area (Å²) >= 11 is 0. The molecular formula is C47H74NO8P. The van der Waals surface area contributed by atoms with Gasteiger partial charge in [0.05, 0.1) is 13.2 Å². The van der Waals surface area contributed by atoms with Gasteiger partial charge in [-0.15, -0.1) is 0 Å². The molecule has 2 atom stereocenters. The molecule has 0 aromatic heterocycles. The summed E-state index contributed by atoms with van der Waals surface area (Å²) in [6.07, 6.45) is 56.8. The van der Waals surface area contributed by atoms with Crippen molar-refractivity contribution in [3.05, 3.63) is 122 Å². The molecule has 57 heavy (non-hydrogen) atoms. The van der Waals surface area contributed by atoms with Gasteiger partial charge in [-0.2, -0.15) is 0 Å². The Morgan fingerprint density at radius 2 is 0.982 bits per heavy atom. The minimum Gasteiger partial charge on any atom is -0.462 e. The van der Waals surface area contributed by atoms with Crippen molar-refractivity contribution in [2.24, 2.45) is 5.73 Å². The first kappa shape index (κ1) is 53.4. The van der Waals surface area contributed by atoms with E-state index in [2.05, 4.69) is 117 Å². The molecule has 0 rings (SSSR count). The molecular weight excluding hydrogens is 737 g/mol. The number of hydrogen-bond donors (Lipinski definition) is 2. The van der Waals surface area contributed by atoms with E-state index in [0.717, 1.165) is 64.2 Å². The van der Waals surface area contributed by atoms with Crippen molar-refractivity contribution in [1.29, 1.82) is 0 Å². The normalized spacial score (nSPS) is 14.5. The number of hydrogen-bond acceptors (Lipinski definition) is 8. The highest BCUT2D eigenvalue weighted by Gasteiger charge is 2.25. The van der Waals surface area contributed by atoms with Gasteiger partial charge < -0.3 is 20.1 Å². The van der Waals surface area contributed by atoms with Gasteiger partial charge in [0.25, 0.3) is 0 Å². The van der Waals surface area contributed by atoms with Crippen molar-refractivity contribution in [2.75, 3.05) is 26.4 Å². The SMILES string of the molecule is CCC=CCC=CCC=CCC=CCC=CCC=CCCC(=O)OCC(COP(=O)(O)OCCN)OC(=O)CCCC=CCC=CCC=CCC=CCCCCC. The molecule has 320 valence electrons. The predicted octanol–water partition coefficient (Wildman–Crippen LogP) is 12.2. The zero-order chi connectivity index (χ0) is 41.8. The van der Waals surface area contributed by atoms with Crippen LogP contribution in [0.3, 0.4) is 0 Å². The highest BCUT2D eigenvalue weighted by Crippen LogP contribution is 2.43. The van der Waals surface area contributed by atoms with E-state index in [1.807, 2.05) is 18.2 Å². The van der Waals surface area contributed by atoms with Crippen LogP contribution in [0, 0.1) is 0 Å². The van der Waals surface area contributed by atoms with Crippen LogP contribution < -0.4 is 5.73 Å². The van der Waals surface area contributed by atoms with Crippen molar-refractivity contribution in [3.8, 4) is 0 Å². The Balaban J connectivity index is 4.43. The molecule has 0 aromatic carbocycles. The minimum absolute atomic E-state index is 0.0279. The third kappa shape index (κ3) is 41.9. The number of esters is 2. The summed E-state index contributed by atoms with van der Waals surface area (Å²) in [4.78, 5) is 34.8. The summed E-state index contributed by atoms with van der Waals surface area (Å²) in [6, 6.07) is 0. The van der Waals surface area contributed by atoms with Crippen molar-refractivity contribution in [3.63, 3.8) is 0 Å². The van der Waals surface area contributed by atoms with Crippen LogP contribution in [0.15, 0.2) is 122 Å². The predicted molar refractivity (Wildman–Crippen MR) is 237 cm³/mol. The first-order valence-electron chi connectivity index (χ1n) is 21.0. The number of carbonyl (C=O) groups excluding carboxylic acids is 2. The van der Waals surface area contributed by atoms with Gasteiger partial charge in [-0.25, -0.2) is 4.57 Å². The molecule has 9 nitrogen and oxygen atoms in total. The molecule has 2 unspecified atom stereocenters. The number of phosphoric acid groups is 1. The van der Waals surface area contributed by atoms with E-state index in [9.17, 15) is 19.0 Å². The Hall–Kier alpha value is -3.59. The maximum absolute atomic E-state index is 12.5. The average molecular weight is 812 g/mol. The number of allylic oxidation sites excluding steroid dienone is 20. The maximum Gasteiger partial charge on any atom is 0.472 e. The van der Waals surface area contributed by atoms with Crippen LogP contribution in [0.5, 0.6) is 0 Å².